The fraction of sp³-hybridized carbons (Fsp3) is 0.556. The molecule has 0 aliphatic carbocycles. The summed E-state index contributed by atoms with van der Waals surface area (Å²) in [6, 6.07) is -0.574. The number of rotatable bonds is 3. The standard InChI is InChI=1S/C9H13N3O3/c1-5-8(7(3)13)10-11-12(5)6(2)9(14)15-4/h6H,1-4H3. The molecule has 1 rings (SSSR count). The highest BCUT2D eigenvalue weighted by Gasteiger charge is 2.21. The smallest absolute Gasteiger partial charge is 0.330 e. The number of esters is 1. The lowest BCUT2D eigenvalue weighted by atomic mass is 10.2. The van der Waals surface area contributed by atoms with Crippen LogP contribution in [-0.2, 0) is 9.53 Å². The van der Waals surface area contributed by atoms with Crippen molar-refractivity contribution in [3.63, 3.8) is 0 Å². The Morgan fingerprint density at radius 3 is 2.47 bits per heavy atom. The Morgan fingerprint density at radius 2 is 2.07 bits per heavy atom. The third-order valence-electron chi connectivity index (χ3n) is 2.17. The van der Waals surface area contributed by atoms with Gasteiger partial charge in [-0.2, -0.15) is 0 Å². The Hall–Kier alpha value is -1.72. The lowest BCUT2D eigenvalue weighted by Gasteiger charge is -2.10. The summed E-state index contributed by atoms with van der Waals surface area (Å²) >= 11 is 0. The minimum Gasteiger partial charge on any atom is -0.467 e. The number of Topliss-reactive ketones (excluding diaryl/α,β-unsaturated/α-hetero) is 1. The number of ether oxygens (including phenoxy) is 1. The third kappa shape index (κ3) is 2.03. The SMILES string of the molecule is COC(=O)C(C)n1nnc(C(C)=O)c1C. The average molecular weight is 211 g/mol. The second-order valence-electron chi connectivity index (χ2n) is 3.22. The molecule has 0 saturated carbocycles. The topological polar surface area (TPSA) is 74.1 Å². The number of ketones is 1. The molecular weight excluding hydrogens is 198 g/mol. The maximum absolute atomic E-state index is 11.2. The highest BCUT2D eigenvalue weighted by atomic mass is 16.5. The molecule has 1 heterocycles. The summed E-state index contributed by atoms with van der Waals surface area (Å²) < 4.78 is 5.96. The largest absolute Gasteiger partial charge is 0.467 e. The van der Waals surface area contributed by atoms with Gasteiger partial charge in [-0.05, 0) is 13.8 Å². The van der Waals surface area contributed by atoms with Crippen molar-refractivity contribution in [2.24, 2.45) is 0 Å². The van der Waals surface area contributed by atoms with Crippen molar-refractivity contribution in [1.82, 2.24) is 15.0 Å². The Balaban J connectivity index is 3.06. The molecule has 6 heteroatoms. The van der Waals surface area contributed by atoms with Crippen LogP contribution in [0.3, 0.4) is 0 Å². The van der Waals surface area contributed by atoms with E-state index in [0.29, 0.717) is 5.69 Å². The Kier molecular flexibility index (Phi) is 3.18. The zero-order chi connectivity index (χ0) is 11.6. The monoisotopic (exact) mass is 211 g/mol. The first-order valence-corrected chi connectivity index (χ1v) is 4.49. The van der Waals surface area contributed by atoms with E-state index in [4.69, 9.17) is 0 Å². The van der Waals surface area contributed by atoms with Crippen molar-refractivity contribution in [3.8, 4) is 0 Å². The van der Waals surface area contributed by atoms with Crippen LogP contribution in [0.1, 0.15) is 36.1 Å². The van der Waals surface area contributed by atoms with Crippen molar-refractivity contribution >= 4 is 11.8 Å². The van der Waals surface area contributed by atoms with Crippen LogP contribution in [0.25, 0.3) is 0 Å². The van der Waals surface area contributed by atoms with Gasteiger partial charge in [0.2, 0.25) is 0 Å². The van der Waals surface area contributed by atoms with E-state index in [1.54, 1.807) is 13.8 Å². The van der Waals surface area contributed by atoms with E-state index in [1.165, 1.54) is 18.7 Å². The van der Waals surface area contributed by atoms with Crippen LogP contribution < -0.4 is 0 Å². The molecule has 0 saturated heterocycles. The molecule has 0 amide bonds. The van der Waals surface area contributed by atoms with E-state index in [2.05, 4.69) is 15.0 Å². The lowest BCUT2D eigenvalue weighted by molar-refractivity contribution is -0.144. The number of methoxy groups -OCH3 is 1. The molecule has 6 nitrogen and oxygen atoms in total. The lowest BCUT2D eigenvalue weighted by Crippen LogP contribution is -2.20. The zero-order valence-electron chi connectivity index (χ0n) is 9.14. The molecule has 1 aromatic heterocycles. The molecule has 1 aromatic rings. The van der Waals surface area contributed by atoms with Gasteiger partial charge in [-0.15, -0.1) is 5.10 Å². The van der Waals surface area contributed by atoms with Crippen LogP contribution >= 0.6 is 0 Å². The minimum atomic E-state index is -0.574. The number of nitrogens with zero attached hydrogens (tertiary/aromatic N) is 3. The molecule has 1 atom stereocenters. The third-order valence-corrected chi connectivity index (χ3v) is 2.17. The summed E-state index contributed by atoms with van der Waals surface area (Å²) in [5.41, 5.74) is 0.853. The first-order valence-electron chi connectivity index (χ1n) is 4.49. The van der Waals surface area contributed by atoms with Gasteiger partial charge in [-0.25, -0.2) is 9.48 Å². The summed E-state index contributed by atoms with van der Waals surface area (Å²) in [6.45, 7) is 4.73. The van der Waals surface area contributed by atoms with Crippen LogP contribution in [0.4, 0.5) is 0 Å². The van der Waals surface area contributed by atoms with Crippen LogP contribution in [0.2, 0.25) is 0 Å². The molecule has 82 valence electrons. The number of aromatic nitrogens is 3. The molecule has 0 aromatic carbocycles. The number of carbonyl (C=O) groups is 2. The van der Waals surface area contributed by atoms with E-state index in [0.717, 1.165) is 0 Å². The van der Waals surface area contributed by atoms with Gasteiger partial charge < -0.3 is 4.74 Å². The summed E-state index contributed by atoms with van der Waals surface area (Å²) in [5, 5.41) is 7.46. The van der Waals surface area contributed by atoms with E-state index < -0.39 is 12.0 Å². The molecule has 0 N–H and O–H groups in total. The molecule has 15 heavy (non-hydrogen) atoms. The molecular formula is C9H13N3O3. The second kappa shape index (κ2) is 4.20. The van der Waals surface area contributed by atoms with Crippen molar-refractivity contribution < 1.29 is 14.3 Å². The summed E-state index contributed by atoms with van der Waals surface area (Å²) in [4.78, 5) is 22.4. The first-order chi connectivity index (χ1) is 6.99. The fourth-order valence-corrected chi connectivity index (χ4v) is 1.30. The van der Waals surface area contributed by atoms with E-state index in [-0.39, 0.29) is 11.5 Å². The summed E-state index contributed by atoms with van der Waals surface area (Å²) in [6.07, 6.45) is 0. The van der Waals surface area contributed by atoms with Crippen molar-refractivity contribution in [2.45, 2.75) is 26.8 Å². The van der Waals surface area contributed by atoms with E-state index in [1.807, 2.05) is 0 Å². The molecule has 0 spiro atoms. The van der Waals surface area contributed by atoms with Gasteiger partial charge in [0.05, 0.1) is 12.8 Å². The van der Waals surface area contributed by atoms with Gasteiger partial charge in [-0.1, -0.05) is 5.21 Å². The highest BCUT2D eigenvalue weighted by molar-refractivity contribution is 5.93. The van der Waals surface area contributed by atoms with E-state index in [9.17, 15) is 9.59 Å². The first kappa shape index (κ1) is 11.4. The quantitative estimate of drug-likeness (QED) is 0.538. The van der Waals surface area contributed by atoms with Crippen molar-refractivity contribution in [3.05, 3.63) is 11.4 Å². The van der Waals surface area contributed by atoms with Gasteiger partial charge >= 0.3 is 5.97 Å². The van der Waals surface area contributed by atoms with Crippen LogP contribution in [-0.4, -0.2) is 33.9 Å². The molecule has 0 aliphatic rings. The van der Waals surface area contributed by atoms with Crippen molar-refractivity contribution in [1.29, 1.82) is 0 Å². The van der Waals surface area contributed by atoms with Gasteiger partial charge in [-0.3, -0.25) is 4.79 Å². The Labute approximate surface area is 87.2 Å². The van der Waals surface area contributed by atoms with E-state index >= 15 is 0 Å². The molecule has 0 aliphatic heterocycles. The Morgan fingerprint density at radius 1 is 1.47 bits per heavy atom. The average Bonchev–Trinajstić information content (AvgIpc) is 2.57. The predicted octanol–water partition coefficient (Wildman–Crippen LogP) is 0.523. The van der Waals surface area contributed by atoms with Gasteiger partial charge in [0, 0.05) is 6.92 Å². The summed E-state index contributed by atoms with van der Waals surface area (Å²) in [7, 11) is 1.30. The van der Waals surface area contributed by atoms with Gasteiger partial charge in [0.1, 0.15) is 6.04 Å². The van der Waals surface area contributed by atoms with Gasteiger partial charge in [0.25, 0.3) is 0 Å². The molecule has 1 unspecified atom stereocenters. The maximum Gasteiger partial charge on any atom is 0.330 e. The minimum absolute atomic E-state index is 0.171. The van der Waals surface area contributed by atoms with Crippen molar-refractivity contribution in [2.75, 3.05) is 7.11 Å². The number of hydrogen-bond acceptors (Lipinski definition) is 5. The van der Waals surface area contributed by atoms with Gasteiger partial charge in [0.15, 0.2) is 11.5 Å². The summed E-state index contributed by atoms with van der Waals surface area (Å²) in [5.74, 6) is -0.589. The normalized spacial score (nSPS) is 12.3. The predicted molar refractivity (Wildman–Crippen MR) is 51.5 cm³/mol. The molecule has 0 bridgehead atoms. The second-order valence-corrected chi connectivity index (χ2v) is 3.22. The Bertz CT molecular complexity index is 397. The van der Waals surface area contributed by atoms with Crippen LogP contribution in [0.15, 0.2) is 0 Å². The fourth-order valence-electron chi connectivity index (χ4n) is 1.30. The zero-order valence-corrected chi connectivity index (χ0v) is 9.14. The highest BCUT2D eigenvalue weighted by Crippen LogP contribution is 2.12. The maximum atomic E-state index is 11.2. The molecule has 0 fully saturated rings. The van der Waals surface area contributed by atoms with Crippen LogP contribution in [0.5, 0.6) is 0 Å². The number of carbonyl (C=O) groups excluding carboxylic acids is 2. The molecule has 0 radical (unpaired) electrons. The van der Waals surface area contributed by atoms with Crippen LogP contribution in [0, 0.1) is 6.92 Å². The number of hydrogen-bond donors (Lipinski definition) is 0.